The molecule has 1 saturated heterocycles. The highest BCUT2D eigenvalue weighted by atomic mass is 19.1. The molecule has 19 heavy (non-hydrogen) atoms. The lowest BCUT2D eigenvalue weighted by molar-refractivity contribution is 0.114. The zero-order valence-corrected chi connectivity index (χ0v) is 11.8. The molecule has 1 aromatic carbocycles. The van der Waals surface area contributed by atoms with Gasteiger partial charge in [-0.05, 0) is 45.9 Å². The molecule has 0 radical (unpaired) electrons. The molecule has 106 valence electrons. The number of halogens is 2. The average molecular weight is 268 g/mol. The van der Waals surface area contributed by atoms with E-state index in [0.717, 1.165) is 25.9 Å². The zero-order valence-electron chi connectivity index (χ0n) is 11.8. The van der Waals surface area contributed by atoms with Crippen LogP contribution in [0, 0.1) is 11.6 Å². The maximum Gasteiger partial charge on any atom is 0.130 e. The Morgan fingerprint density at radius 1 is 1.21 bits per heavy atom. The lowest BCUT2D eigenvalue weighted by Crippen LogP contribution is -2.50. The summed E-state index contributed by atoms with van der Waals surface area (Å²) in [6.07, 6.45) is 1.98. The van der Waals surface area contributed by atoms with Gasteiger partial charge in [0.2, 0.25) is 0 Å². The Balaban J connectivity index is 2.12. The van der Waals surface area contributed by atoms with Gasteiger partial charge >= 0.3 is 0 Å². The summed E-state index contributed by atoms with van der Waals surface area (Å²) in [4.78, 5) is 2.15. The van der Waals surface area contributed by atoms with E-state index in [1.54, 1.807) is 0 Å². The van der Waals surface area contributed by atoms with Crippen LogP contribution in [0.1, 0.15) is 38.3 Å². The third kappa shape index (κ3) is 2.95. The monoisotopic (exact) mass is 268 g/mol. The number of hydrogen-bond donors (Lipinski definition) is 1. The van der Waals surface area contributed by atoms with Gasteiger partial charge in [-0.15, -0.1) is 0 Å². The molecule has 0 bridgehead atoms. The van der Waals surface area contributed by atoms with Crippen molar-refractivity contribution in [2.75, 3.05) is 20.1 Å². The standard InChI is InChI=1S/C15H22F2N2/c1-11(14-12(16)5-4-6-13(14)17)19-9-7-15(2,18-3)8-10-19/h4-6,11,18H,7-10H2,1-3H3. The van der Waals surface area contributed by atoms with E-state index in [1.807, 2.05) is 14.0 Å². The van der Waals surface area contributed by atoms with Crippen molar-refractivity contribution in [2.24, 2.45) is 0 Å². The van der Waals surface area contributed by atoms with E-state index >= 15 is 0 Å². The van der Waals surface area contributed by atoms with Crippen LogP contribution in [-0.4, -0.2) is 30.6 Å². The molecular weight excluding hydrogens is 246 g/mol. The second-order valence-corrected chi connectivity index (χ2v) is 5.66. The van der Waals surface area contributed by atoms with Gasteiger partial charge in [0.05, 0.1) is 0 Å². The number of likely N-dealkylation sites (tertiary alicyclic amines) is 1. The van der Waals surface area contributed by atoms with E-state index in [-0.39, 0.29) is 17.1 Å². The van der Waals surface area contributed by atoms with E-state index in [9.17, 15) is 8.78 Å². The minimum absolute atomic E-state index is 0.143. The zero-order chi connectivity index (χ0) is 14.0. The lowest BCUT2D eigenvalue weighted by atomic mass is 9.88. The Hall–Kier alpha value is -1.00. The predicted molar refractivity (Wildman–Crippen MR) is 73.0 cm³/mol. The SMILES string of the molecule is CNC1(C)CCN(C(C)c2c(F)cccc2F)CC1. The van der Waals surface area contributed by atoms with Gasteiger partial charge in [-0.25, -0.2) is 8.78 Å². The number of nitrogens with zero attached hydrogens (tertiary/aromatic N) is 1. The summed E-state index contributed by atoms with van der Waals surface area (Å²) in [5, 5.41) is 3.33. The first-order chi connectivity index (χ1) is 8.97. The third-order valence-electron chi connectivity index (χ3n) is 4.47. The van der Waals surface area contributed by atoms with Crippen LogP contribution in [0.4, 0.5) is 8.78 Å². The van der Waals surface area contributed by atoms with Crippen molar-refractivity contribution in [3.63, 3.8) is 0 Å². The van der Waals surface area contributed by atoms with Gasteiger partial charge in [0.15, 0.2) is 0 Å². The molecule has 1 aliphatic rings. The molecule has 0 saturated carbocycles. The van der Waals surface area contributed by atoms with Crippen molar-refractivity contribution in [3.05, 3.63) is 35.4 Å². The fraction of sp³-hybridized carbons (Fsp3) is 0.600. The van der Waals surface area contributed by atoms with E-state index in [1.165, 1.54) is 18.2 Å². The van der Waals surface area contributed by atoms with Gasteiger partial charge in [0.25, 0.3) is 0 Å². The Morgan fingerprint density at radius 2 is 1.74 bits per heavy atom. The Morgan fingerprint density at radius 3 is 2.21 bits per heavy atom. The highest BCUT2D eigenvalue weighted by Gasteiger charge is 2.32. The molecule has 2 rings (SSSR count). The fourth-order valence-electron chi connectivity index (χ4n) is 2.75. The van der Waals surface area contributed by atoms with E-state index in [2.05, 4.69) is 17.1 Å². The molecule has 0 spiro atoms. The van der Waals surface area contributed by atoms with Gasteiger partial charge in [-0.3, -0.25) is 4.90 Å². The topological polar surface area (TPSA) is 15.3 Å². The van der Waals surface area contributed by atoms with Crippen molar-refractivity contribution in [3.8, 4) is 0 Å². The van der Waals surface area contributed by atoms with Crippen molar-refractivity contribution >= 4 is 0 Å². The van der Waals surface area contributed by atoms with Crippen LogP contribution in [-0.2, 0) is 0 Å². The van der Waals surface area contributed by atoms with Crippen molar-refractivity contribution in [2.45, 2.75) is 38.3 Å². The second-order valence-electron chi connectivity index (χ2n) is 5.66. The Bertz CT molecular complexity index is 420. The largest absolute Gasteiger partial charge is 0.314 e. The number of piperidine rings is 1. The molecule has 1 aliphatic heterocycles. The van der Waals surface area contributed by atoms with Crippen LogP contribution < -0.4 is 5.32 Å². The first kappa shape index (κ1) is 14.4. The minimum Gasteiger partial charge on any atom is -0.314 e. The molecule has 1 N–H and O–H groups in total. The minimum atomic E-state index is -0.450. The van der Waals surface area contributed by atoms with Crippen LogP contribution in [0.2, 0.25) is 0 Å². The maximum atomic E-state index is 13.8. The van der Waals surface area contributed by atoms with E-state index < -0.39 is 11.6 Å². The van der Waals surface area contributed by atoms with Crippen molar-refractivity contribution in [1.29, 1.82) is 0 Å². The van der Waals surface area contributed by atoms with Crippen molar-refractivity contribution < 1.29 is 8.78 Å². The lowest BCUT2D eigenvalue weighted by Gasteiger charge is -2.42. The highest BCUT2D eigenvalue weighted by molar-refractivity contribution is 5.23. The first-order valence-electron chi connectivity index (χ1n) is 6.84. The molecule has 0 amide bonds. The Kier molecular flexibility index (Phi) is 4.21. The van der Waals surface area contributed by atoms with Gasteiger partial charge in [-0.1, -0.05) is 6.07 Å². The average Bonchev–Trinajstić information content (AvgIpc) is 2.39. The molecule has 4 heteroatoms. The molecule has 0 aromatic heterocycles. The van der Waals surface area contributed by atoms with Crippen LogP contribution in [0.25, 0.3) is 0 Å². The predicted octanol–water partition coefficient (Wildman–Crippen LogP) is 3.10. The normalized spacial score (nSPS) is 21.3. The molecule has 1 unspecified atom stereocenters. The number of hydrogen-bond acceptors (Lipinski definition) is 2. The van der Waals surface area contributed by atoms with E-state index in [4.69, 9.17) is 0 Å². The Labute approximate surface area is 113 Å². The van der Waals surface area contributed by atoms with Gasteiger partial charge < -0.3 is 5.32 Å². The smallest absolute Gasteiger partial charge is 0.130 e. The second kappa shape index (κ2) is 5.55. The maximum absolute atomic E-state index is 13.8. The summed E-state index contributed by atoms with van der Waals surface area (Å²) in [6, 6.07) is 3.85. The summed E-state index contributed by atoms with van der Waals surface area (Å²) in [5.74, 6) is -0.899. The van der Waals surface area contributed by atoms with Gasteiger partial charge in [0, 0.05) is 30.2 Å². The summed E-state index contributed by atoms with van der Waals surface area (Å²) in [5.41, 5.74) is 0.333. The molecule has 0 aliphatic carbocycles. The van der Waals surface area contributed by atoms with Crippen LogP contribution in [0.3, 0.4) is 0 Å². The molecule has 1 heterocycles. The van der Waals surface area contributed by atoms with Crippen LogP contribution in [0.15, 0.2) is 18.2 Å². The number of nitrogens with one attached hydrogen (secondary N) is 1. The summed E-state index contributed by atoms with van der Waals surface area (Å²) < 4.78 is 27.6. The first-order valence-corrected chi connectivity index (χ1v) is 6.84. The van der Waals surface area contributed by atoms with Gasteiger partial charge in [-0.2, -0.15) is 0 Å². The molecule has 2 nitrogen and oxygen atoms in total. The number of rotatable bonds is 3. The van der Waals surface area contributed by atoms with Crippen molar-refractivity contribution in [1.82, 2.24) is 10.2 Å². The quantitative estimate of drug-likeness (QED) is 0.906. The fourth-order valence-corrected chi connectivity index (χ4v) is 2.75. The van der Waals surface area contributed by atoms with E-state index in [0.29, 0.717) is 0 Å². The molecule has 1 atom stereocenters. The summed E-state index contributed by atoms with van der Waals surface area (Å²) in [6.45, 7) is 5.78. The molecule has 1 aromatic rings. The van der Waals surface area contributed by atoms with Crippen LogP contribution in [0.5, 0.6) is 0 Å². The summed E-state index contributed by atoms with van der Waals surface area (Å²) >= 11 is 0. The van der Waals surface area contributed by atoms with Gasteiger partial charge in [0.1, 0.15) is 11.6 Å². The molecular formula is C15H22F2N2. The third-order valence-corrected chi connectivity index (χ3v) is 4.47. The summed E-state index contributed by atoms with van der Waals surface area (Å²) in [7, 11) is 1.97. The molecule has 1 fully saturated rings. The highest BCUT2D eigenvalue weighted by Crippen LogP contribution is 2.30. The van der Waals surface area contributed by atoms with Crippen LogP contribution >= 0.6 is 0 Å². The number of benzene rings is 1.